The molecule has 2 nitrogen and oxygen atoms in total. The van der Waals surface area contributed by atoms with Crippen molar-refractivity contribution in [3.05, 3.63) is 23.4 Å². The summed E-state index contributed by atoms with van der Waals surface area (Å²) in [4.78, 5) is 6.87. The van der Waals surface area contributed by atoms with Gasteiger partial charge in [-0.2, -0.15) is 0 Å². The SMILES string of the molecule is C[C@@H]1C2=C(CCN1C)N=CC=CC2. The highest BCUT2D eigenvalue weighted by atomic mass is 15.1. The van der Waals surface area contributed by atoms with Crippen molar-refractivity contribution in [2.75, 3.05) is 13.6 Å². The molecule has 13 heavy (non-hydrogen) atoms. The van der Waals surface area contributed by atoms with Gasteiger partial charge in [0.15, 0.2) is 0 Å². The molecule has 0 N–H and O–H groups in total. The van der Waals surface area contributed by atoms with E-state index in [1.165, 1.54) is 11.3 Å². The minimum absolute atomic E-state index is 0.559. The summed E-state index contributed by atoms with van der Waals surface area (Å²) in [5.74, 6) is 0. The zero-order chi connectivity index (χ0) is 9.26. The number of aliphatic imine (C=N–C) groups is 1. The monoisotopic (exact) mass is 176 g/mol. The first-order valence-corrected chi connectivity index (χ1v) is 4.90. The molecule has 2 heteroatoms. The summed E-state index contributed by atoms with van der Waals surface area (Å²) >= 11 is 0. The average Bonchev–Trinajstić information content (AvgIpc) is 2.36. The third-order valence-electron chi connectivity index (χ3n) is 3.03. The number of likely N-dealkylation sites (N-methyl/N-ethyl adjacent to an activating group) is 1. The molecule has 0 fully saturated rings. The fourth-order valence-corrected chi connectivity index (χ4v) is 1.97. The number of hydrogen-bond acceptors (Lipinski definition) is 2. The van der Waals surface area contributed by atoms with Crippen molar-refractivity contribution >= 4 is 6.21 Å². The average molecular weight is 176 g/mol. The van der Waals surface area contributed by atoms with Crippen LogP contribution < -0.4 is 0 Å². The van der Waals surface area contributed by atoms with Crippen molar-refractivity contribution in [2.24, 2.45) is 4.99 Å². The maximum Gasteiger partial charge on any atom is 0.0427 e. The van der Waals surface area contributed by atoms with Gasteiger partial charge in [-0.3, -0.25) is 9.89 Å². The molecule has 0 bridgehead atoms. The lowest BCUT2D eigenvalue weighted by Gasteiger charge is -2.32. The second-order valence-electron chi connectivity index (χ2n) is 3.79. The van der Waals surface area contributed by atoms with E-state index < -0.39 is 0 Å². The Bertz CT molecular complexity index is 286. The second-order valence-corrected chi connectivity index (χ2v) is 3.79. The van der Waals surface area contributed by atoms with E-state index in [9.17, 15) is 0 Å². The Morgan fingerprint density at radius 2 is 2.38 bits per heavy atom. The molecule has 0 aromatic rings. The van der Waals surface area contributed by atoms with E-state index in [2.05, 4.69) is 29.9 Å². The van der Waals surface area contributed by atoms with Crippen molar-refractivity contribution < 1.29 is 0 Å². The van der Waals surface area contributed by atoms with Crippen molar-refractivity contribution in [2.45, 2.75) is 25.8 Å². The van der Waals surface area contributed by atoms with Gasteiger partial charge in [0.1, 0.15) is 0 Å². The molecule has 1 atom stereocenters. The van der Waals surface area contributed by atoms with Gasteiger partial charge < -0.3 is 0 Å². The van der Waals surface area contributed by atoms with E-state index >= 15 is 0 Å². The lowest BCUT2D eigenvalue weighted by atomic mass is 9.96. The van der Waals surface area contributed by atoms with E-state index in [1.54, 1.807) is 0 Å². The minimum atomic E-state index is 0.559. The molecule has 0 saturated heterocycles. The highest BCUT2D eigenvalue weighted by Crippen LogP contribution is 2.27. The first-order valence-electron chi connectivity index (χ1n) is 4.90. The van der Waals surface area contributed by atoms with E-state index in [1.807, 2.05) is 12.3 Å². The molecule has 0 saturated carbocycles. The van der Waals surface area contributed by atoms with Gasteiger partial charge in [-0.15, -0.1) is 0 Å². The molecule has 0 aromatic heterocycles. The number of allylic oxidation sites excluding steroid dienone is 2. The molecule has 0 spiro atoms. The number of hydrogen-bond donors (Lipinski definition) is 0. The standard InChI is InChI=1S/C11H16N2/c1-9-10-5-3-4-7-12-11(10)6-8-13(9)2/h3-4,7,9H,5-6,8H2,1-2H3/t9-/m1/s1. The van der Waals surface area contributed by atoms with Gasteiger partial charge in [0.25, 0.3) is 0 Å². The van der Waals surface area contributed by atoms with Gasteiger partial charge in [0.2, 0.25) is 0 Å². The smallest absolute Gasteiger partial charge is 0.0427 e. The van der Waals surface area contributed by atoms with Crippen LogP contribution in [-0.4, -0.2) is 30.7 Å². The first-order chi connectivity index (χ1) is 6.29. The largest absolute Gasteiger partial charge is 0.299 e. The van der Waals surface area contributed by atoms with Gasteiger partial charge in [-0.25, -0.2) is 0 Å². The summed E-state index contributed by atoms with van der Waals surface area (Å²) in [7, 11) is 2.19. The summed E-state index contributed by atoms with van der Waals surface area (Å²) in [6.45, 7) is 3.40. The van der Waals surface area contributed by atoms with Crippen LogP contribution in [0.5, 0.6) is 0 Å². The van der Waals surface area contributed by atoms with Crippen molar-refractivity contribution in [3.8, 4) is 0 Å². The van der Waals surface area contributed by atoms with E-state index in [-0.39, 0.29) is 0 Å². The molecular weight excluding hydrogens is 160 g/mol. The van der Waals surface area contributed by atoms with Crippen LogP contribution >= 0.6 is 0 Å². The summed E-state index contributed by atoms with van der Waals surface area (Å²) < 4.78 is 0. The Morgan fingerprint density at radius 1 is 1.54 bits per heavy atom. The van der Waals surface area contributed by atoms with Gasteiger partial charge in [0, 0.05) is 30.9 Å². The van der Waals surface area contributed by atoms with Crippen LogP contribution in [0.25, 0.3) is 0 Å². The molecule has 0 radical (unpaired) electrons. The first kappa shape index (κ1) is 8.70. The molecule has 2 aliphatic heterocycles. The van der Waals surface area contributed by atoms with Gasteiger partial charge in [-0.1, -0.05) is 6.08 Å². The van der Waals surface area contributed by atoms with Crippen molar-refractivity contribution in [1.29, 1.82) is 0 Å². The molecule has 0 amide bonds. The van der Waals surface area contributed by atoms with Crippen LogP contribution in [0, 0.1) is 0 Å². The Labute approximate surface area is 79.7 Å². The third kappa shape index (κ3) is 1.59. The van der Waals surface area contributed by atoms with Gasteiger partial charge in [0.05, 0.1) is 0 Å². The quantitative estimate of drug-likeness (QED) is 0.551. The lowest BCUT2D eigenvalue weighted by Crippen LogP contribution is -2.35. The zero-order valence-corrected chi connectivity index (χ0v) is 8.33. The predicted molar refractivity (Wildman–Crippen MR) is 56.0 cm³/mol. The van der Waals surface area contributed by atoms with Crippen LogP contribution in [0.3, 0.4) is 0 Å². The molecule has 0 aromatic carbocycles. The third-order valence-corrected chi connectivity index (χ3v) is 3.03. The fraction of sp³-hybridized carbons (Fsp3) is 0.545. The van der Waals surface area contributed by atoms with Gasteiger partial charge in [-0.05, 0) is 32.0 Å². The van der Waals surface area contributed by atoms with Crippen molar-refractivity contribution in [3.63, 3.8) is 0 Å². The topological polar surface area (TPSA) is 15.6 Å². The molecule has 2 heterocycles. The Morgan fingerprint density at radius 3 is 3.23 bits per heavy atom. The molecular formula is C11H16N2. The summed E-state index contributed by atoms with van der Waals surface area (Å²) in [6, 6.07) is 0.559. The summed E-state index contributed by atoms with van der Waals surface area (Å²) in [5.41, 5.74) is 2.81. The number of rotatable bonds is 0. The molecule has 0 unspecified atom stereocenters. The minimum Gasteiger partial charge on any atom is -0.299 e. The molecule has 0 aliphatic carbocycles. The van der Waals surface area contributed by atoms with Crippen LogP contribution in [0.2, 0.25) is 0 Å². The Balaban J connectivity index is 2.32. The molecule has 70 valence electrons. The van der Waals surface area contributed by atoms with Crippen LogP contribution in [-0.2, 0) is 0 Å². The zero-order valence-electron chi connectivity index (χ0n) is 8.33. The fourth-order valence-electron chi connectivity index (χ4n) is 1.97. The Hall–Kier alpha value is -0.890. The lowest BCUT2D eigenvalue weighted by molar-refractivity contribution is 0.269. The number of nitrogens with zero attached hydrogens (tertiary/aromatic N) is 2. The second kappa shape index (κ2) is 3.46. The highest BCUT2D eigenvalue weighted by molar-refractivity contribution is 5.73. The van der Waals surface area contributed by atoms with Crippen LogP contribution in [0.4, 0.5) is 0 Å². The van der Waals surface area contributed by atoms with Crippen molar-refractivity contribution in [1.82, 2.24) is 4.90 Å². The van der Waals surface area contributed by atoms with E-state index in [0.717, 1.165) is 19.4 Å². The van der Waals surface area contributed by atoms with Crippen LogP contribution in [0.1, 0.15) is 19.8 Å². The molecule has 2 rings (SSSR count). The summed E-state index contributed by atoms with van der Waals surface area (Å²) in [6.07, 6.45) is 8.34. The van der Waals surface area contributed by atoms with Crippen LogP contribution in [0.15, 0.2) is 28.4 Å². The normalized spacial score (nSPS) is 28.9. The summed E-state index contributed by atoms with van der Waals surface area (Å²) in [5, 5.41) is 0. The predicted octanol–water partition coefficient (Wildman–Crippen LogP) is 2.00. The maximum absolute atomic E-state index is 4.47. The maximum atomic E-state index is 4.47. The van der Waals surface area contributed by atoms with E-state index in [0.29, 0.717) is 6.04 Å². The highest BCUT2D eigenvalue weighted by Gasteiger charge is 2.22. The Kier molecular flexibility index (Phi) is 2.32. The molecule has 2 aliphatic rings. The van der Waals surface area contributed by atoms with Gasteiger partial charge >= 0.3 is 0 Å². The van der Waals surface area contributed by atoms with E-state index in [4.69, 9.17) is 0 Å².